The molecule has 2 bridgehead atoms. The Morgan fingerprint density at radius 2 is 2.33 bits per heavy atom. The molecule has 82 valence electrons. The van der Waals surface area contributed by atoms with Crippen LogP contribution >= 0.6 is 0 Å². The highest BCUT2D eigenvalue weighted by atomic mass is 16.6. The van der Waals surface area contributed by atoms with E-state index < -0.39 is 0 Å². The summed E-state index contributed by atoms with van der Waals surface area (Å²) in [5, 5.41) is 4.24. The summed E-state index contributed by atoms with van der Waals surface area (Å²) in [7, 11) is 1.61. The lowest BCUT2D eigenvalue weighted by Gasteiger charge is -2.33. The lowest BCUT2D eigenvalue weighted by molar-refractivity contribution is -0.117. The Hall–Kier alpha value is -0.860. The van der Waals surface area contributed by atoms with Crippen molar-refractivity contribution in [1.29, 1.82) is 0 Å². The quantitative estimate of drug-likeness (QED) is 0.618. The minimum Gasteiger partial charge on any atom is -0.399 e. The van der Waals surface area contributed by atoms with Crippen molar-refractivity contribution in [3.63, 3.8) is 0 Å². The molecule has 3 nitrogen and oxygen atoms in total. The van der Waals surface area contributed by atoms with Crippen LogP contribution in [0.4, 0.5) is 0 Å². The van der Waals surface area contributed by atoms with Gasteiger partial charge in [0.15, 0.2) is 0 Å². The van der Waals surface area contributed by atoms with Crippen molar-refractivity contribution in [3.05, 3.63) is 0 Å². The topological polar surface area (TPSA) is 38.7 Å². The minimum absolute atomic E-state index is 0.121. The number of rotatable bonds is 1. The molecule has 0 aromatic carbocycles. The Morgan fingerprint density at radius 1 is 1.47 bits per heavy atom. The standard InChI is InChI=1S/C12H17NO2/c1-15-13-11-8-2-3-9(6-8)12(11)5-4-10(14)7-12/h8-9H,2-7H2,1H3/b13-11-/t8-,9+,12?/m1/s1. The molecule has 1 spiro atoms. The second kappa shape index (κ2) is 3.06. The number of fused-ring (bicyclic) bond motifs is 3. The first-order chi connectivity index (χ1) is 7.26. The molecular weight excluding hydrogens is 190 g/mol. The van der Waals surface area contributed by atoms with Gasteiger partial charge in [-0.1, -0.05) is 5.16 Å². The van der Waals surface area contributed by atoms with E-state index in [0.717, 1.165) is 19.3 Å². The third-order valence-electron chi connectivity index (χ3n) is 4.66. The van der Waals surface area contributed by atoms with Gasteiger partial charge in [-0.15, -0.1) is 0 Å². The molecule has 3 rings (SSSR count). The van der Waals surface area contributed by atoms with Crippen LogP contribution in [0.1, 0.15) is 38.5 Å². The van der Waals surface area contributed by atoms with Crippen LogP contribution in [0.25, 0.3) is 0 Å². The van der Waals surface area contributed by atoms with Gasteiger partial charge in [-0.05, 0) is 31.6 Å². The van der Waals surface area contributed by atoms with Crippen molar-refractivity contribution in [2.24, 2.45) is 22.4 Å². The highest BCUT2D eigenvalue weighted by Crippen LogP contribution is 2.60. The molecule has 0 radical (unpaired) electrons. The Bertz CT molecular complexity index is 337. The second-order valence-electron chi connectivity index (χ2n) is 5.24. The molecule has 0 amide bonds. The average molecular weight is 207 g/mol. The van der Waals surface area contributed by atoms with Crippen LogP contribution in [-0.4, -0.2) is 18.6 Å². The summed E-state index contributed by atoms with van der Waals surface area (Å²) in [6, 6.07) is 0. The molecule has 0 heterocycles. The van der Waals surface area contributed by atoms with E-state index in [1.54, 1.807) is 7.11 Å². The fourth-order valence-electron chi connectivity index (χ4n) is 4.07. The van der Waals surface area contributed by atoms with E-state index in [4.69, 9.17) is 4.84 Å². The molecule has 3 aliphatic rings. The van der Waals surface area contributed by atoms with Crippen molar-refractivity contribution in [2.45, 2.75) is 38.5 Å². The van der Waals surface area contributed by atoms with Crippen LogP contribution in [0.2, 0.25) is 0 Å². The Labute approximate surface area is 89.9 Å². The molecule has 15 heavy (non-hydrogen) atoms. The van der Waals surface area contributed by atoms with E-state index in [-0.39, 0.29) is 5.41 Å². The van der Waals surface area contributed by atoms with Crippen molar-refractivity contribution < 1.29 is 9.63 Å². The summed E-state index contributed by atoms with van der Waals surface area (Å²) < 4.78 is 0. The molecule has 3 fully saturated rings. The first-order valence-corrected chi connectivity index (χ1v) is 5.89. The minimum atomic E-state index is 0.121. The predicted molar refractivity (Wildman–Crippen MR) is 56.6 cm³/mol. The Balaban J connectivity index is 1.99. The van der Waals surface area contributed by atoms with Gasteiger partial charge < -0.3 is 4.84 Å². The first kappa shape index (κ1) is 9.37. The Kier molecular flexibility index (Phi) is 1.91. The van der Waals surface area contributed by atoms with Crippen molar-refractivity contribution in [2.75, 3.05) is 7.11 Å². The number of hydrogen-bond donors (Lipinski definition) is 0. The van der Waals surface area contributed by atoms with Crippen LogP contribution in [0.15, 0.2) is 5.16 Å². The summed E-state index contributed by atoms with van der Waals surface area (Å²) in [6.45, 7) is 0. The molecule has 3 heteroatoms. The average Bonchev–Trinajstić information content (AvgIpc) is 2.86. The summed E-state index contributed by atoms with van der Waals surface area (Å²) in [6.07, 6.45) is 6.30. The summed E-state index contributed by atoms with van der Waals surface area (Å²) in [4.78, 5) is 16.5. The van der Waals surface area contributed by atoms with Crippen LogP contribution in [0, 0.1) is 17.3 Å². The van der Waals surface area contributed by atoms with E-state index in [0.29, 0.717) is 17.6 Å². The molecule has 3 saturated carbocycles. The second-order valence-corrected chi connectivity index (χ2v) is 5.24. The predicted octanol–water partition coefficient (Wildman–Crippen LogP) is 2.16. The molecule has 0 N–H and O–H groups in total. The molecule has 3 aliphatic carbocycles. The van der Waals surface area contributed by atoms with Gasteiger partial charge >= 0.3 is 0 Å². The number of Topliss-reactive ketones (excluding diaryl/α,β-unsaturated/α-hetero) is 1. The van der Waals surface area contributed by atoms with Crippen molar-refractivity contribution >= 4 is 11.5 Å². The van der Waals surface area contributed by atoms with Crippen LogP contribution in [0.5, 0.6) is 0 Å². The number of nitrogens with zero attached hydrogens (tertiary/aromatic N) is 1. The van der Waals surface area contributed by atoms with Gasteiger partial charge in [0.05, 0.1) is 5.71 Å². The molecule has 3 atom stereocenters. The molecule has 0 saturated heterocycles. The maximum absolute atomic E-state index is 11.5. The van der Waals surface area contributed by atoms with Crippen LogP contribution in [0.3, 0.4) is 0 Å². The first-order valence-electron chi connectivity index (χ1n) is 5.89. The highest BCUT2D eigenvalue weighted by Gasteiger charge is 2.58. The molecule has 0 aromatic rings. The lowest BCUT2D eigenvalue weighted by atomic mass is 9.70. The fraction of sp³-hybridized carbons (Fsp3) is 0.833. The van der Waals surface area contributed by atoms with E-state index in [9.17, 15) is 4.79 Å². The fourth-order valence-corrected chi connectivity index (χ4v) is 4.07. The van der Waals surface area contributed by atoms with Gasteiger partial charge in [0.2, 0.25) is 0 Å². The Morgan fingerprint density at radius 3 is 3.00 bits per heavy atom. The number of carbonyl (C=O) groups is 1. The maximum Gasteiger partial charge on any atom is 0.133 e. The highest BCUT2D eigenvalue weighted by molar-refractivity contribution is 6.00. The summed E-state index contributed by atoms with van der Waals surface area (Å²) >= 11 is 0. The molecular formula is C12H17NO2. The molecule has 0 aliphatic heterocycles. The number of oxime groups is 1. The zero-order chi connectivity index (χ0) is 10.5. The van der Waals surface area contributed by atoms with Gasteiger partial charge in [-0.3, -0.25) is 4.79 Å². The molecule has 0 aromatic heterocycles. The van der Waals surface area contributed by atoms with Gasteiger partial charge in [0.25, 0.3) is 0 Å². The number of hydrogen-bond acceptors (Lipinski definition) is 3. The van der Waals surface area contributed by atoms with Gasteiger partial charge in [0.1, 0.15) is 12.9 Å². The monoisotopic (exact) mass is 207 g/mol. The largest absolute Gasteiger partial charge is 0.399 e. The zero-order valence-electron chi connectivity index (χ0n) is 9.16. The van der Waals surface area contributed by atoms with E-state index in [1.165, 1.54) is 25.0 Å². The smallest absolute Gasteiger partial charge is 0.133 e. The van der Waals surface area contributed by atoms with Crippen LogP contribution in [-0.2, 0) is 9.63 Å². The van der Waals surface area contributed by atoms with Gasteiger partial charge in [-0.2, -0.15) is 0 Å². The SMILES string of the molecule is CO/N=C1/[C@@H]2CC[C@@H](C2)C12CCC(=O)C2. The normalized spacial score (nSPS) is 45.9. The van der Waals surface area contributed by atoms with Crippen LogP contribution < -0.4 is 0 Å². The lowest BCUT2D eigenvalue weighted by Crippen LogP contribution is -2.35. The molecule has 1 unspecified atom stereocenters. The third-order valence-corrected chi connectivity index (χ3v) is 4.66. The third kappa shape index (κ3) is 1.12. The van der Waals surface area contributed by atoms with Gasteiger partial charge in [-0.25, -0.2) is 0 Å². The summed E-state index contributed by atoms with van der Waals surface area (Å²) in [5.74, 6) is 1.75. The summed E-state index contributed by atoms with van der Waals surface area (Å²) in [5.41, 5.74) is 1.34. The van der Waals surface area contributed by atoms with Crippen molar-refractivity contribution in [3.8, 4) is 0 Å². The zero-order valence-corrected chi connectivity index (χ0v) is 9.16. The van der Waals surface area contributed by atoms with E-state index >= 15 is 0 Å². The van der Waals surface area contributed by atoms with Crippen molar-refractivity contribution in [1.82, 2.24) is 0 Å². The van der Waals surface area contributed by atoms with E-state index in [1.807, 2.05) is 0 Å². The van der Waals surface area contributed by atoms with E-state index in [2.05, 4.69) is 5.16 Å². The number of carbonyl (C=O) groups excluding carboxylic acids is 1. The maximum atomic E-state index is 11.5. The number of ketones is 1. The van der Waals surface area contributed by atoms with Gasteiger partial charge in [0, 0.05) is 24.2 Å².